The van der Waals surface area contributed by atoms with E-state index in [2.05, 4.69) is 10.1 Å². The van der Waals surface area contributed by atoms with Gasteiger partial charge in [0, 0.05) is 5.38 Å². The van der Waals surface area contributed by atoms with Crippen LogP contribution in [-0.4, -0.2) is 24.5 Å². The molecule has 0 amide bonds. The highest BCUT2D eigenvalue weighted by Crippen LogP contribution is 2.20. The van der Waals surface area contributed by atoms with Crippen molar-refractivity contribution in [3.63, 3.8) is 0 Å². The van der Waals surface area contributed by atoms with Crippen molar-refractivity contribution in [2.24, 2.45) is 5.14 Å². The van der Waals surface area contributed by atoms with Gasteiger partial charge >= 0.3 is 5.97 Å². The van der Waals surface area contributed by atoms with Crippen LogP contribution in [0.3, 0.4) is 0 Å². The lowest BCUT2D eigenvalue weighted by molar-refractivity contribution is 0.0417. The largest absolute Gasteiger partial charge is 0.451 e. The fourth-order valence-electron chi connectivity index (χ4n) is 1.60. The van der Waals surface area contributed by atoms with Crippen LogP contribution in [0.25, 0.3) is 11.5 Å². The lowest BCUT2D eigenvalue weighted by Gasteiger charge is -1.98. The molecule has 23 heavy (non-hydrogen) atoms. The zero-order valence-electron chi connectivity index (χ0n) is 11.3. The molecule has 0 aliphatic heterocycles. The molecule has 0 unspecified atom stereocenters. The van der Waals surface area contributed by atoms with Gasteiger partial charge < -0.3 is 13.7 Å². The van der Waals surface area contributed by atoms with E-state index in [1.807, 2.05) is 16.8 Å². The first-order chi connectivity index (χ1) is 10.9. The average Bonchev–Trinajstić information content (AvgIpc) is 3.22. The third kappa shape index (κ3) is 3.47. The third-order valence-electron chi connectivity index (χ3n) is 2.63. The molecule has 0 atom stereocenters. The molecule has 0 aromatic carbocycles. The molecule has 3 aromatic rings. The second-order valence-corrected chi connectivity index (χ2v) is 6.54. The predicted octanol–water partition coefficient (Wildman–Crippen LogP) is 1.40. The first-order valence-corrected chi connectivity index (χ1v) is 8.57. The summed E-state index contributed by atoms with van der Waals surface area (Å²) in [6.45, 7) is -0.252. The number of carbonyl (C=O) groups excluding carboxylic acids is 1. The maximum atomic E-state index is 11.8. The number of esters is 1. The molecular formula is C12H9N3O6S2. The van der Waals surface area contributed by atoms with Crippen LogP contribution >= 0.6 is 11.3 Å². The standard InChI is InChI=1S/C12H9N3O6S2/c13-23(17,18)10-2-1-8(20-10)12(16)19-5-9-14-11(21-15-9)7-3-4-22-6-7/h1-4,6H,5H2,(H2,13,17,18). The maximum absolute atomic E-state index is 11.8. The van der Waals surface area contributed by atoms with Gasteiger partial charge in [0.2, 0.25) is 16.7 Å². The highest BCUT2D eigenvalue weighted by Gasteiger charge is 2.19. The van der Waals surface area contributed by atoms with Gasteiger partial charge in [-0.2, -0.15) is 16.3 Å². The third-order valence-corrected chi connectivity index (χ3v) is 4.10. The molecule has 9 nitrogen and oxygen atoms in total. The average molecular weight is 355 g/mol. The van der Waals surface area contributed by atoms with Crippen molar-refractivity contribution in [2.45, 2.75) is 11.7 Å². The molecule has 3 heterocycles. The van der Waals surface area contributed by atoms with Crippen molar-refractivity contribution >= 4 is 27.3 Å². The Morgan fingerprint density at radius 1 is 1.35 bits per heavy atom. The number of thiophene rings is 1. The number of sulfonamides is 1. The number of furan rings is 1. The summed E-state index contributed by atoms with van der Waals surface area (Å²) >= 11 is 1.48. The van der Waals surface area contributed by atoms with Crippen LogP contribution in [0.5, 0.6) is 0 Å². The number of hydrogen-bond acceptors (Lipinski definition) is 9. The molecule has 0 saturated carbocycles. The summed E-state index contributed by atoms with van der Waals surface area (Å²) in [7, 11) is -4.02. The molecule has 3 aromatic heterocycles. The molecule has 0 bridgehead atoms. The van der Waals surface area contributed by atoms with E-state index in [1.54, 1.807) is 0 Å². The number of carbonyl (C=O) groups is 1. The van der Waals surface area contributed by atoms with Gasteiger partial charge in [-0.3, -0.25) is 0 Å². The fraction of sp³-hybridized carbons (Fsp3) is 0.0833. The summed E-state index contributed by atoms with van der Waals surface area (Å²) in [6, 6.07) is 4.02. The van der Waals surface area contributed by atoms with Crippen molar-refractivity contribution in [1.82, 2.24) is 10.1 Å². The highest BCUT2D eigenvalue weighted by molar-refractivity contribution is 7.89. The Labute approximate surface area is 133 Å². The van der Waals surface area contributed by atoms with Crippen LogP contribution in [0.4, 0.5) is 0 Å². The van der Waals surface area contributed by atoms with Crippen LogP contribution in [0.2, 0.25) is 0 Å². The van der Waals surface area contributed by atoms with Crippen LogP contribution in [0, 0.1) is 0 Å². The SMILES string of the molecule is NS(=O)(=O)c1ccc(C(=O)OCc2noc(-c3ccsc3)n2)o1. The van der Waals surface area contributed by atoms with Gasteiger partial charge in [-0.05, 0) is 23.6 Å². The van der Waals surface area contributed by atoms with Crippen molar-refractivity contribution in [1.29, 1.82) is 0 Å². The van der Waals surface area contributed by atoms with Gasteiger partial charge in [0.05, 0.1) is 5.56 Å². The summed E-state index contributed by atoms with van der Waals surface area (Å²) < 4.78 is 36.9. The van der Waals surface area contributed by atoms with Crippen LogP contribution in [0.1, 0.15) is 16.4 Å². The van der Waals surface area contributed by atoms with Crippen LogP contribution < -0.4 is 5.14 Å². The number of rotatable bonds is 5. The minimum Gasteiger partial charge on any atom is -0.451 e. The Kier molecular flexibility index (Phi) is 3.98. The number of ether oxygens (including phenoxy) is 1. The monoisotopic (exact) mass is 355 g/mol. The van der Waals surface area contributed by atoms with Crippen molar-refractivity contribution in [3.8, 4) is 11.5 Å². The molecule has 0 fully saturated rings. The molecule has 0 saturated heterocycles. The van der Waals surface area contributed by atoms with E-state index in [0.717, 1.165) is 17.7 Å². The fourth-order valence-corrected chi connectivity index (χ4v) is 2.69. The Bertz CT molecular complexity index is 926. The molecule has 0 spiro atoms. The summed E-state index contributed by atoms with van der Waals surface area (Å²) in [6.07, 6.45) is 0. The van der Waals surface area contributed by atoms with E-state index in [4.69, 9.17) is 18.8 Å². The first-order valence-electron chi connectivity index (χ1n) is 6.08. The molecule has 11 heteroatoms. The van der Waals surface area contributed by atoms with Crippen molar-refractivity contribution in [3.05, 3.63) is 40.5 Å². The topological polar surface area (TPSA) is 139 Å². The van der Waals surface area contributed by atoms with E-state index >= 15 is 0 Å². The number of hydrogen-bond donors (Lipinski definition) is 1. The number of primary sulfonamides is 1. The lowest BCUT2D eigenvalue weighted by atomic mass is 10.3. The Hall–Kier alpha value is -2.50. The first kappa shape index (κ1) is 15.4. The van der Waals surface area contributed by atoms with Crippen molar-refractivity contribution in [2.75, 3.05) is 0 Å². The minimum absolute atomic E-state index is 0.165. The van der Waals surface area contributed by atoms with Crippen LogP contribution in [0.15, 0.2) is 43.0 Å². The van der Waals surface area contributed by atoms with E-state index in [-0.39, 0.29) is 18.2 Å². The quantitative estimate of drug-likeness (QED) is 0.677. The Morgan fingerprint density at radius 2 is 2.17 bits per heavy atom. The number of aromatic nitrogens is 2. The molecule has 120 valence electrons. The van der Waals surface area contributed by atoms with E-state index in [0.29, 0.717) is 5.89 Å². The second-order valence-electron chi connectivity index (χ2n) is 4.27. The molecule has 0 aliphatic rings. The predicted molar refractivity (Wildman–Crippen MR) is 76.8 cm³/mol. The maximum Gasteiger partial charge on any atom is 0.374 e. The van der Waals surface area contributed by atoms with Crippen LogP contribution in [-0.2, 0) is 21.4 Å². The molecule has 2 N–H and O–H groups in total. The minimum atomic E-state index is -4.02. The summed E-state index contributed by atoms with van der Waals surface area (Å²) in [5, 5.41) is 11.7. The summed E-state index contributed by atoms with van der Waals surface area (Å²) in [4.78, 5) is 15.8. The van der Waals surface area contributed by atoms with Crippen molar-refractivity contribution < 1.29 is 26.9 Å². The molecule has 0 aliphatic carbocycles. The Morgan fingerprint density at radius 3 is 2.83 bits per heavy atom. The lowest BCUT2D eigenvalue weighted by Crippen LogP contribution is -2.11. The smallest absolute Gasteiger partial charge is 0.374 e. The zero-order chi connectivity index (χ0) is 16.4. The van der Waals surface area contributed by atoms with E-state index in [1.165, 1.54) is 11.3 Å². The second kappa shape index (κ2) is 5.95. The van der Waals surface area contributed by atoms with Gasteiger partial charge in [-0.15, -0.1) is 0 Å². The number of nitrogens with two attached hydrogens (primary N) is 1. The molecule has 3 rings (SSSR count). The zero-order valence-corrected chi connectivity index (χ0v) is 13.0. The van der Waals surface area contributed by atoms with Gasteiger partial charge in [0.15, 0.2) is 6.61 Å². The van der Waals surface area contributed by atoms with Gasteiger partial charge in [-0.25, -0.2) is 18.4 Å². The Balaban J connectivity index is 1.64. The van der Waals surface area contributed by atoms with E-state index in [9.17, 15) is 13.2 Å². The number of nitrogens with zero attached hydrogens (tertiary/aromatic N) is 2. The molecular weight excluding hydrogens is 346 g/mol. The van der Waals surface area contributed by atoms with Gasteiger partial charge in [-0.1, -0.05) is 5.16 Å². The van der Waals surface area contributed by atoms with Gasteiger partial charge in [0.25, 0.3) is 15.9 Å². The highest BCUT2D eigenvalue weighted by atomic mass is 32.2. The summed E-state index contributed by atoms with van der Waals surface area (Å²) in [5.74, 6) is -0.693. The summed E-state index contributed by atoms with van der Waals surface area (Å²) in [5.41, 5.74) is 0.768. The van der Waals surface area contributed by atoms with Gasteiger partial charge in [0.1, 0.15) is 0 Å². The normalized spacial score (nSPS) is 11.5. The van der Waals surface area contributed by atoms with E-state index < -0.39 is 21.1 Å². The molecule has 0 radical (unpaired) electrons.